The Labute approximate surface area is 122 Å². The highest BCUT2D eigenvalue weighted by Crippen LogP contribution is 2.38. The summed E-state index contributed by atoms with van der Waals surface area (Å²) in [4.78, 5) is 21.5. The molecule has 1 fully saturated rings. The van der Waals surface area contributed by atoms with Crippen molar-refractivity contribution >= 4 is 11.5 Å². The standard InChI is InChI=1S/C16H18N4O/c17-13-3-1-2-11-9-20(7-6-12(11)13)14-8-15(21)19-16(18-14)10-4-5-10/h1-3,8,10H,4-7,9,17H2,(H,18,19,21). The molecule has 0 amide bonds. The highest BCUT2D eigenvalue weighted by Gasteiger charge is 2.27. The maximum Gasteiger partial charge on any atom is 0.252 e. The summed E-state index contributed by atoms with van der Waals surface area (Å²) in [5.41, 5.74) is 9.31. The summed E-state index contributed by atoms with van der Waals surface area (Å²) in [6.45, 7) is 1.61. The molecule has 1 aromatic carbocycles. The maximum atomic E-state index is 11.8. The number of fused-ring (bicyclic) bond motifs is 1. The van der Waals surface area contributed by atoms with Gasteiger partial charge in [-0.25, -0.2) is 4.98 Å². The van der Waals surface area contributed by atoms with Crippen LogP contribution in [0.1, 0.15) is 35.7 Å². The summed E-state index contributed by atoms with van der Waals surface area (Å²) in [7, 11) is 0. The molecular formula is C16H18N4O. The van der Waals surface area contributed by atoms with Gasteiger partial charge in [-0.1, -0.05) is 12.1 Å². The van der Waals surface area contributed by atoms with Gasteiger partial charge in [0.25, 0.3) is 5.56 Å². The molecule has 21 heavy (non-hydrogen) atoms. The molecule has 1 aliphatic carbocycles. The van der Waals surface area contributed by atoms with E-state index in [1.807, 2.05) is 12.1 Å². The van der Waals surface area contributed by atoms with Crippen LogP contribution in [0.4, 0.5) is 11.5 Å². The molecule has 2 aromatic rings. The second-order valence-corrected chi connectivity index (χ2v) is 5.92. The first kappa shape index (κ1) is 12.4. The van der Waals surface area contributed by atoms with Crippen LogP contribution in [-0.2, 0) is 13.0 Å². The molecule has 0 unspecified atom stereocenters. The zero-order valence-corrected chi connectivity index (χ0v) is 11.8. The van der Waals surface area contributed by atoms with E-state index >= 15 is 0 Å². The number of nitrogens with zero attached hydrogens (tertiary/aromatic N) is 2. The quantitative estimate of drug-likeness (QED) is 0.824. The van der Waals surface area contributed by atoms with Crippen molar-refractivity contribution in [1.82, 2.24) is 9.97 Å². The van der Waals surface area contributed by atoms with Gasteiger partial charge in [-0.05, 0) is 36.5 Å². The topological polar surface area (TPSA) is 75.0 Å². The molecule has 5 nitrogen and oxygen atoms in total. The van der Waals surface area contributed by atoms with Crippen molar-refractivity contribution in [2.24, 2.45) is 0 Å². The van der Waals surface area contributed by atoms with E-state index in [2.05, 4.69) is 20.9 Å². The first-order valence-electron chi connectivity index (χ1n) is 7.43. The normalized spacial score (nSPS) is 17.6. The number of aromatic nitrogens is 2. The summed E-state index contributed by atoms with van der Waals surface area (Å²) in [5, 5.41) is 0. The molecule has 1 saturated carbocycles. The fraction of sp³-hybridized carbons (Fsp3) is 0.375. The molecule has 1 aromatic heterocycles. The lowest BCUT2D eigenvalue weighted by molar-refractivity contribution is 0.713. The number of H-pyrrole nitrogens is 1. The number of benzene rings is 1. The first-order chi connectivity index (χ1) is 10.2. The van der Waals surface area contributed by atoms with Gasteiger partial charge in [0, 0.05) is 30.8 Å². The van der Waals surface area contributed by atoms with E-state index in [1.165, 1.54) is 11.1 Å². The second kappa shape index (κ2) is 4.62. The van der Waals surface area contributed by atoms with Crippen molar-refractivity contribution in [2.75, 3.05) is 17.2 Å². The monoisotopic (exact) mass is 282 g/mol. The van der Waals surface area contributed by atoms with Crippen molar-refractivity contribution in [3.8, 4) is 0 Å². The minimum Gasteiger partial charge on any atom is -0.398 e. The summed E-state index contributed by atoms with van der Waals surface area (Å²) in [6.07, 6.45) is 3.16. The number of nitrogens with two attached hydrogens (primary N) is 1. The molecule has 3 N–H and O–H groups in total. The van der Waals surface area contributed by atoms with E-state index < -0.39 is 0 Å². The Balaban J connectivity index is 1.67. The second-order valence-electron chi connectivity index (χ2n) is 5.92. The van der Waals surface area contributed by atoms with Gasteiger partial charge in [0.1, 0.15) is 11.6 Å². The molecule has 0 bridgehead atoms. The molecule has 2 heterocycles. The Morgan fingerprint density at radius 2 is 2.19 bits per heavy atom. The number of nitrogen functional groups attached to an aromatic ring is 1. The van der Waals surface area contributed by atoms with Gasteiger partial charge < -0.3 is 15.6 Å². The van der Waals surface area contributed by atoms with E-state index in [9.17, 15) is 4.79 Å². The highest BCUT2D eigenvalue weighted by molar-refractivity contribution is 5.55. The molecule has 0 spiro atoms. The van der Waals surface area contributed by atoms with Gasteiger partial charge in [0.2, 0.25) is 0 Å². The lowest BCUT2D eigenvalue weighted by atomic mass is 9.98. The molecule has 0 radical (unpaired) electrons. The Kier molecular flexibility index (Phi) is 2.74. The first-order valence-corrected chi connectivity index (χ1v) is 7.43. The molecule has 2 aliphatic rings. The summed E-state index contributed by atoms with van der Waals surface area (Å²) >= 11 is 0. The van der Waals surface area contributed by atoms with Crippen molar-refractivity contribution in [1.29, 1.82) is 0 Å². The van der Waals surface area contributed by atoms with Crippen LogP contribution in [0.25, 0.3) is 0 Å². The van der Waals surface area contributed by atoms with Crippen LogP contribution < -0.4 is 16.2 Å². The number of rotatable bonds is 2. The van der Waals surface area contributed by atoms with Crippen LogP contribution in [0.15, 0.2) is 29.1 Å². The molecule has 1 aliphatic heterocycles. The van der Waals surface area contributed by atoms with Crippen LogP contribution in [-0.4, -0.2) is 16.5 Å². The van der Waals surface area contributed by atoms with Gasteiger partial charge in [-0.15, -0.1) is 0 Å². The number of hydrogen-bond donors (Lipinski definition) is 2. The minimum absolute atomic E-state index is 0.0553. The van der Waals surface area contributed by atoms with Crippen molar-refractivity contribution in [2.45, 2.75) is 31.7 Å². The van der Waals surface area contributed by atoms with E-state index in [0.29, 0.717) is 5.92 Å². The Morgan fingerprint density at radius 3 is 3.00 bits per heavy atom. The Hall–Kier alpha value is -2.30. The number of hydrogen-bond acceptors (Lipinski definition) is 4. The van der Waals surface area contributed by atoms with E-state index in [0.717, 1.165) is 49.7 Å². The third-order valence-electron chi connectivity index (χ3n) is 4.34. The molecule has 5 heteroatoms. The maximum absolute atomic E-state index is 11.8. The third-order valence-corrected chi connectivity index (χ3v) is 4.34. The van der Waals surface area contributed by atoms with Crippen molar-refractivity contribution in [3.05, 3.63) is 51.6 Å². The number of nitrogens with one attached hydrogen (secondary N) is 1. The molecule has 0 saturated heterocycles. The van der Waals surface area contributed by atoms with E-state index in [1.54, 1.807) is 6.07 Å². The number of anilines is 2. The Bertz CT molecular complexity index is 748. The smallest absolute Gasteiger partial charge is 0.252 e. The number of aromatic amines is 1. The van der Waals surface area contributed by atoms with Gasteiger partial charge in [-0.3, -0.25) is 4.79 Å². The fourth-order valence-electron chi connectivity index (χ4n) is 3.01. The average molecular weight is 282 g/mol. The highest BCUT2D eigenvalue weighted by atomic mass is 16.1. The van der Waals surface area contributed by atoms with Crippen molar-refractivity contribution < 1.29 is 0 Å². The average Bonchev–Trinajstić information content (AvgIpc) is 3.31. The minimum atomic E-state index is -0.0553. The van der Waals surface area contributed by atoms with Crippen LogP contribution in [0.3, 0.4) is 0 Å². The van der Waals surface area contributed by atoms with E-state index in [4.69, 9.17) is 5.73 Å². The van der Waals surface area contributed by atoms with Crippen LogP contribution in [0.2, 0.25) is 0 Å². The predicted octanol–water partition coefficient (Wildman–Crippen LogP) is 1.79. The predicted molar refractivity (Wildman–Crippen MR) is 82.4 cm³/mol. The summed E-state index contributed by atoms with van der Waals surface area (Å²) < 4.78 is 0. The summed E-state index contributed by atoms with van der Waals surface area (Å²) in [6, 6.07) is 7.64. The molecular weight excluding hydrogens is 264 g/mol. The van der Waals surface area contributed by atoms with Crippen molar-refractivity contribution in [3.63, 3.8) is 0 Å². The third kappa shape index (κ3) is 2.28. The van der Waals surface area contributed by atoms with Gasteiger partial charge in [0.15, 0.2) is 0 Å². The van der Waals surface area contributed by atoms with Gasteiger partial charge in [-0.2, -0.15) is 0 Å². The van der Waals surface area contributed by atoms with Crippen LogP contribution in [0.5, 0.6) is 0 Å². The lowest BCUT2D eigenvalue weighted by Gasteiger charge is -2.30. The zero-order chi connectivity index (χ0) is 14.4. The lowest BCUT2D eigenvalue weighted by Crippen LogP contribution is -2.32. The zero-order valence-electron chi connectivity index (χ0n) is 11.8. The summed E-state index contributed by atoms with van der Waals surface area (Å²) in [5.74, 6) is 2.08. The van der Waals surface area contributed by atoms with Crippen LogP contribution in [0, 0.1) is 0 Å². The fourth-order valence-corrected chi connectivity index (χ4v) is 3.01. The Morgan fingerprint density at radius 1 is 1.33 bits per heavy atom. The van der Waals surface area contributed by atoms with E-state index in [-0.39, 0.29) is 5.56 Å². The molecule has 0 atom stereocenters. The largest absolute Gasteiger partial charge is 0.398 e. The van der Waals surface area contributed by atoms with Gasteiger partial charge in [0.05, 0.1) is 0 Å². The molecule has 108 valence electrons. The SMILES string of the molecule is Nc1cccc2c1CCN(c1cc(=O)[nH]c(C3CC3)n1)C2. The van der Waals surface area contributed by atoms with Crippen LogP contribution >= 0.6 is 0 Å². The van der Waals surface area contributed by atoms with Gasteiger partial charge >= 0.3 is 0 Å². The molecule has 4 rings (SSSR count).